The number of aromatic amines is 1. The predicted octanol–water partition coefficient (Wildman–Crippen LogP) is 3.36. The summed E-state index contributed by atoms with van der Waals surface area (Å²) in [6.07, 6.45) is -1.01. The smallest absolute Gasteiger partial charge is 0.139 e. The lowest BCUT2D eigenvalue weighted by atomic mass is 10.2. The van der Waals surface area contributed by atoms with Gasteiger partial charge in [-0.25, -0.2) is 4.39 Å². The van der Waals surface area contributed by atoms with Crippen molar-refractivity contribution in [2.45, 2.75) is 13.1 Å². The van der Waals surface area contributed by atoms with Gasteiger partial charge in [-0.2, -0.15) is 5.10 Å². The molecule has 1 heterocycles. The second-order valence-electron chi connectivity index (χ2n) is 2.91. The Balaban J connectivity index is 2.71. The SMILES string of the molecule is CC(F)c1[nH]nc2ccc(Br)cc12. The summed E-state index contributed by atoms with van der Waals surface area (Å²) in [7, 11) is 0. The van der Waals surface area contributed by atoms with Gasteiger partial charge in [0, 0.05) is 9.86 Å². The highest BCUT2D eigenvalue weighted by Crippen LogP contribution is 2.26. The first-order chi connectivity index (χ1) is 6.18. The number of nitrogens with zero attached hydrogens (tertiary/aromatic N) is 1. The van der Waals surface area contributed by atoms with Crippen LogP contribution < -0.4 is 0 Å². The molecule has 0 aliphatic carbocycles. The number of hydrogen-bond acceptors (Lipinski definition) is 1. The van der Waals surface area contributed by atoms with Crippen LogP contribution in [-0.4, -0.2) is 10.2 Å². The van der Waals surface area contributed by atoms with Gasteiger partial charge < -0.3 is 0 Å². The number of aromatic nitrogens is 2. The average Bonchev–Trinajstić information content (AvgIpc) is 2.46. The molecule has 0 saturated heterocycles. The summed E-state index contributed by atoms with van der Waals surface area (Å²) < 4.78 is 14.0. The number of H-pyrrole nitrogens is 1. The summed E-state index contributed by atoms with van der Waals surface area (Å²) in [6, 6.07) is 5.60. The molecule has 68 valence electrons. The van der Waals surface area contributed by atoms with Gasteiger partial charge >= 0.3 is 0 Å². The van der Waals surface area contributed by atoms with Gasteiger partial charge in [-0.05, 0) is 25.1 Å². The monoisotopic (exact) mass is 242 g/mol. The molecule has 13 heavy (non-hydrogen) atoms. The molecule has 0 aliphatic heterocycles. The van der Waals surface area contributed by atoms with E-state index in [1.165, 1.54) is 6.92 Å². The Morgan fingerprint density at radius 1 is 1.54 bits per heavy atom. The standard InChI is InChI=1S/C9H8BrFN2/c1-5(11)9-7-4-6(10)2-3-8(7)12-13-9/h2-5H,1H3,(H,12,13). The largest absolute Gasteiger partial charge is 0.278 e. The van der Waals surface area contributed by atoms with Crippen LogP contribution in [0.4, 0.5) is 4.39 Å². The molecule has 1 atom stereocenters. The highest BCUT2D eigenvalue weighted by Gasteiger charge is 2.10. The Morgan fingerprint density at radius 3 is 3.00 bits per heavy atom. The Morgan fingerprint density at radius 2 is 2.31 bits per heavy atom. The lowest BCUT2D eigenvalue weighted by Gasteiger charge is -1.97. The molecule has 2 aromatic rings. The first kappa shape index (κ1) is 8.69. The summed E-state index contributed by atoms with van der Waals surface area (Å²) in [5.41, 5.74) is 1.33. The summed E-state index contributed by atoms with van der Waals surface area (Å²) >= 11 is 3.34. The molecule has 0 saturated carbocycles. The van der Waals surface area contributed by atoms with Crippen LogP contribution in [0.15, 0.2) is 22.7 Å². The molecular formula is C9H8BrFN2. The van der Waals surface area contributed by atoms with Crippen molar-refractivity contribution in [1.82, 2.24) is 10.2 Å². The van der Waals surface area contributed by atoms with E-state index >= 15 is 0 Å². The third-order valence-corrected chi connectivity index (χ3v) is 2.44. The lowest BCUT2D eigenvalue weighted by molar-refractivity contribution is 0.367. The van der Waals surface area contributed by atoms with Gasteiger partial charge in [-0.3, -0.25) is 5.10 Å². The first-order valence-corrected chi connectivity index (χ1v) is 4.75. The molecule has 0 radical (unpaired) electrons. The number of alkyl halides is 1. The second-order valence-corrected chi connectivity index (χ2v) is 3.83. The molecule has 1 aromatic carbocycles. The first-order valence-electron chi connectivity index (χ1n) is 3.96. The van der Waals surface area contributed by atoms with E-state index in [4.69, 9.17) is 0 Å². The highest BCUT2D eigenvalue weighted by atomic mass is 79.9. The zero-order valence-corrected chi connectivity index (χ0v) is 8.60. The van der Waals surface area contributed by atoms with Gasteiger partial charge in [0.1, 0.15) is 6.17 Å². The van der Waals surface area contributed by atoms with E-state index < -0.39 is 6.17 Å². The minimum Gasteiger partial charge on any atom is -0.278 e. The molecule has 4 heteroatoms. The van der Waals surface area contributed by atoms with Gasteiger partial charge in [0.2, 0.25) is 0 Å². The van der Waals surface area contributed by atoms with Crippen LogP contribution in [0, 0.1) is 0 Å². The van der Waals surface area contributed by atoms with E-state index in [2.05, 4.69) is 26.1 Å². The maximum absolute atomic E-state index is 13.0. The van der Waals surface area contributed by atoms with Crippen molar-refractivity contribution < 1.29 is 4.39 Å². The van der Waals surface area contributed by atoms with Crippen molar-refractivity contribution >= 4 is 26.8 Å². The van der Waals surface area contributed by atoms with E-state index in [9.17, 15) is 4.39 Å². The van der Waals surface area contributed by atoms with E-state index in [0.717, 1.165) is 15.4 Å². The third-order valence-electron chi connectivity index (χ3n) is 1.94. The van der Waals surface area contributed by atoms with Gasteiger partial charge in [-0.1, -0.05) is 15.9 Å². The lowest BCUT2D eigenvalue weighted by Crippen LogP contribution is -1.85. The van der Waals surface area contributed by atoms with Crippen LogP contribution in [0.5, 0.6) is 0 Å². The Labute approximate surface area is 83.3 Å². The minimum absolute atomic E-state index is 0.538. The molecule has 0 bridgehead atoms. The Kier molecular flexibility index (Phi) is 2.07. The third kappa shape index (κ3) is 1.46. The van der Waals surface area contributed by atoms with Crippen molar-refractivity contribution in [3.8, 4) is 0 Å². The quantitative estimate of drug-likeness (QED) is 0.817. The van der Waals surface area contributed by atoms with E-state index in [-0.39, 0.29) is 0 Å². The number of nitrogens with one attached hydrogen (secondary N) is 1. The number of halogens is 2. The second kappa shape index (κ2) is 3.10. The van der Waals surface area contributed by atoms with E-state index in [1.54, 1.807) is 0 Å². The van der Waals surface area contributed by atoms with E-state index in [0.29, 0.717) is 5.69 Å². The Hall–Kier alpha value is -0.900. The molecule has 0 aliphatic rings. The predicted molar refractivity (Wildman–Crippen MR) is 53.3 cm³/mol. The maximum Gasteiger partial charge on any atom is 0.139 e. The van der Waals surface area contributed by atoms with Gasteiger partial charge in [0.05, 0.1) is 11.2 Å². The van der Waals surface area contributed by atoms with Crippen LogP contribution in [-0.2, 0) is 0 Å². The summed E-state index contributed by atoms with van der Waals surface area (Å²) in [5.74, 6) is 0. The highest BCUT2D eigenvalue weighted by molar-refractivity contribution is 9.10. The van der Waals surface area contributed by atoms with Crippen molar-refractivity contribution in [2.24, 2.45) is 0 Å². The van der Waals surface area contributed by atoms with Crippen molar-refractivity contribution in [3.63, 3.8) is 0 Å². The normalized spacial score (nSPS) is 13.5. The molecule has 2 rings (SSSR count). The summed E-state index contributed by atoms with van der Waals surface area (Å²) in [5, 5.41) is 7.53. The van der Waals surface area contributed by atoms with Gasteiger partial charge in [-0.15, -0.1) is 0 Å². The molecule has 1 unspecified atom stereocenters. The van der Waals surface area contributed by atoms with Crippen LogP contribution in [0.2, 0.25) is 0 Å². The number of benzene rings is 1. The number of rotatable bonds is 1. The van der Waals surface area contributed by atoms with Crippen molar-refractivity contribution in [2.75, 3.05) is 0 Å². The fourth-order valence-corrected chi connectivity index (χ4v) is 1.67. The van der Waals surface area contributed by atoms with Crippen LogP contribution in [0.1, 0.15) is 18.8 Å². The number of fused-ring (bicyclic) bond motifs is 1. The molecule has 2 nitrogen and oxygen atoms in total. The topological polar surface area (TPSA) is 28.7 Å². The van der Waals surface area contributed by atoms with Crippen LogP contribution in [0.3, 0.4) is 0 Å². The fourth-order valence-electron chi connectivity index (χ4n) is 1.31. The number of hydrogen-bond donors (Lipinski definition) is 1. The minimum atomic E-state index is -1.01. The summed E-state index contributed by atoms with van der Waals surface area (Å²) in [4.78, 5) is 0. The Bertz CT molecular complexity index is 436. The van der Waals surface area contributed by atoms with Gasteiger partial charge in [0.15, 0.2) is 0 Å². The van der Waals surface area contributed by atoms with Crippen molar-refractivity contribution in [1.29, 1.82) is 0 Å². The maximum atomic E-state index is 13.0. The van der Waals surface area contributed by atoms with Crippen LogP contribution in [0.25, 0.3) is 10.9 Å². The van der Waals surface area contributed by atoms with E-state index in [1.807, 2.05) is 18.2 Å². The zero-order chi connectivity index (χ0) is 9.42. The molecule has 0 spiro atoms. The fraction of sp³-hybridized carbons (Fsp3) is 0.222. The zero-order valence-electron chi connectivity index (χ0n) is 7.01. The molecular weight excluding hydrogens is 235 g/mol. The van der Waals surface area contributed by atoms with Crippen molar-refractivity contribution in [3.05, 3.63) is 28.4 Å². The average molecular weight is 243 g/mol. The summed E-state index contributed by atoms with van der Waals surface area (Å²) in [6.45, 7) is 1.49. The molecule has 0 amide bonds. The molecule has 1 N–H and O–H groups in total. The van der Waals surface area contributed by atoms with Crippen LogP contribution >= 0.6 is 15.9 Å². The molecule has 1 aromatic heterocycles. The molecule has 0 fully saturated rings. The van der Waals surface area contributed by atoms with Gasteiger partial charge in [0.25, 0.3) is 0 Å².